The van der Waals surface area contributed by atoms with E-state index in [4.69, 9.17) is 21.1 Å². The van der Waals surface area contributed by atoms with Gasteiger partial charge in [-0.3, -0.25) is 0 Å². The van der Waals surface area contributed by atoms with Crippen molar-refractivity contribution in [3.63, 3.8) is 0 Å². The molecule has 0 atom stereocenters. The molecule has 0 spiro atoms. The molecule has 0 radical (unpaired) electrons. The summed E-state index contributed by atoms with van der Waals surface area (Å²) in [5.41, 5.74) is 3.67. The van der Waals surface area contributed by atoms with Gasteiger partial charge in [-0.1, -0.05) is 23.7 Å². The average molecular weight is 399 g/mol. The number of aromatic nitrogens is 2. The van der Waals surface area contributed by atoms with E-state index in [-0.39, 0.29) is 0 Å². The molecule has 0 fully saturated rings. The summed E-state index contributed by atoms with van der Waals surface area (Å²) in [5, 5.41) is 7.20. The van der Waals surface area contributed by atoms with Gasteiger partial charge in [0.25, 0.3) is 0 Å². The molecule has 0 amide bonds. The molecule has 2 N–H and O–H groups in total. The normalized spacial score (nSPS) is 10.5. The molecule has 28 heavy (non-hydrogen) atoms. The van der Waals surface area contributed by atoms with Crippen LogP contribution in [-0.4, -0.2) is 24.2 Å². The fraction of sp³-hybridized carbons (Fsp3) is 0.238. The summed E-state index contributed by atoms with van der Waals surface area (Å²) in [6.45, 7) is 4.50. The maximum atomic E-state index is 6.18. The topological polar surface area (TPSA) is 68.3 Å². The number of methoxy groups -OCH3 is 2. The summed E-state index contributed by atoms with van der Waals surface area (Å²) in [7, 11) is 3.26. The summed E-state index contributed by atoms with van der Waals surface area (Å²) in [6.07, 6.45) is 0. The number of rotatable bonds is 7. The van der Waals surface area contributed by atoms with Gasteiger partial charge >= 0.3 is 0 Å². The molecule has 6 nitrogen and oxygen atoms in total. The van der Waals surface area contributed by atoms with Crippen molar-refractivity contribution in [2.24, 2.45) is 0 Å². The number of ether oxygens (including phenoxy) is 2. The van der Waals surface area contributed by atoms with Crippen LogP contribution in [0.4, 0.5) is 17.5 Å². The molecule has 0 aliphatic heterocycles. The second-order valence-corrected chi connectivity index (χ2v) is 6.75. The molecule has 1 heterocycles. The molecule has 0 aliphatic carbocycles. The molecule has 0 saturated heterocycles. The first-order valence-electron chi connectivity index (χ1n) is 8.82. The van der Waals surface area contributed by atoms with Gasteiger partial charge in [0.05, 0.1) is 19.9 Å². The number of hydrogen-bond acceptors (Lipinski definition) is 6. The molecule has 146 valence electrons. The van der Waals surface area contributed by atoms with Crippen molar-refractivity contribution in [2.75, 3.05) is 24.9 Å². The first-order chi connectivity index (χ1) is 13.5. The van der Waals surface area contributed by atoms with Gasteiger partial charge < -0.3 is 20.1 Å². The Balaban J connectivity index is 1.77. The fourth-order valence-corrected chi connectivity index (χ4v) is 2.85. The number of nitrogens with one attached hydrogen (secondary N) is 2. The van der Waals surface area contributed by atoms with Crippen LogP contribution < -0.4 is 20.1 Å². The zero-order valence-corrected chi connectivity index (χ0v) is 17.1. The lowest BCUT2D eigenvalue weighted by atomic mass is 10.2. The maximum Gasteiger partial charge on any atom is 0.229 e. The molecule has 0 bridgehead atoms. The molecule has 3 rings (SSSR count). The van der Waals surface area contributed by atoms with Gasteiger partial charge in [-0.2, -0.15) is 4.98 Å². The minimum absolute atomic E-state index is 0.484. The second kappa shape index (κ2) is 8.80. The van der Waals surface area contributed by atoms with Crippen molar-refractivity contribution in [3.8, 4) is 11.5 Å². The lowest BCUT2D eigenvalue weighted by molar-refractivity contribution is 0.414. The quantitative estimate of drug-likeness (QED) is 0.575. The highest BCUT2D eigenvalue weighted by atomic mass is 35.5. The minimum Gasteiger partial charge on any atom is -0.497 e. The van der Waals surface area contributed by atoms with Crippen molar-refractivity contribution in [1.29, 1.82) is 0 Å². The highest BCUT2D eigenvalue weighted by Gasteiger charge is 2.10. The van der Waals surface area contributed by atoms with Gasteiger partial charge in [0.2, 0.25) is 5.95 Å². The third-order valence-corrected chi connectivity index (χ3v) is 4.62. The third kappa shape index (κ3) is 4.84. The van der Waals surface area contributed by atoms with Crippen LogP contribution in [0, 0.1) is 13.8 Å². The minimum atomic E-state index is 0.484. The van der Waals surface area contributed by atoms with Crippen molar-refractivity contribution in [1.82, 2.24) is 9.97 Å². The lowest BCUT2D eigenvalue weighted by Gasteiger charge is -2.14. The molecule has 1 aromatic heterocycles. The number of halogens is 1. The highest BCUT2D eigenvalue weighted by molar-refractivity contribution is 6.31. The smallest absolute Gasteiger partial charge is 0.229 e. The SMILES string of the molecule is COc1ccc(CNc2cc(C)nc(Nc3cc(C)c(Cl)cc3OC)n2)cc1. The fourth-order valence-electron chi connectivity index (χ4n) is 2.70. The predicted octanol–water partition coefficient (Wildman–Crippen LogP) is 5.12. The summed E-state index contributed by atoms with van der Waals surface area (Å²) in [5.74, 6) is 2.68. The monoisotopic (exact) mass is 398 g/mol. The Morgan fingerprint density at radius 1 is 0.964 bits per heavy atom. The van der Waals surface area contributed by atoms with E-state index >= 15 is 0 Å². The number of nitrogens with zero attached hydrogens (tertiary/aromatic N) is 2. The lowest BCUT2D eigenvalue weighted by Crippen LogP contribution is -2.06. The van der Waals surface area contributed by atoms with Crippen LogP contribution in [0.3, 0.4) is 0 Å². The van der Waals surface area contributed by atoms with E-state index in [2.05, 4.69) is 20.6 Å². The Morgan fingerprint density at radius 2 is 1.71 bits per heavy atom. The van der Waals surface area contributed by atoms with Gasteiger partial charge in [0.1, 0.15) is 17.3 Å². The van der Waals surface area contributed by atoms with Gasteiger partial charge in [-0.25, -0.2) is 4.98 Å². The van der Waals surface area contributed by atoms with E-state index in [1.807, 2.05) is 50.2 Å². The second-order valence-electron chi connectivity index (χ2n) is 6.35. The Hall–Kier alpha value is -2.99. The number of hydrogen-bond donors (Lipinski definition) is 2. The third-order valence-electron chi connectivity index (χ3n) is 4.21. The number of anilines is 3. The average Bonchev–Trinajstić information content (AvgIpc) is 2.69. The number of aryl methyl sites for hydroxylation is 2. The molecule has 7 heteroatoms. The first kappa shape index (κ1) is 19.8. The Morgan fingerprint density at radius 3 is 2.39 bits per heavy atom. The van der Waals surface area contributed by atoms with Crippen molar-refractivity contribution in [3.05, 3.63) is 64.3 Å². The predicted molar refractivity (Wildman–Crippen MR) is 113 cm³/mol. The molecule has 0 unspecified atom stereocenters. The van der Waals surface area contributed by atoms with E-state index in [1.165, 1.54) is 0 Å². The molecule has 0 saturated carbocycles. The summed E-state index contributed by atoms with van der Waals surface area (Å²) < 4.78 is 10.6. The van der Waals surface area contributed by atoms with E-state index < -0.39 is 0 Å². The Kier molecular flexibility index (Phi) is 6.21. The van der Waals surface area contributed by atoms with Gasteiger partial charge in [-0.05, 0) is 43.2 Å². The largest absolute Gasteiger partial charge is 0.497 e. The molecule has 0 aliphatic rings. The van der Waals surface area contributed by atoms with Crippen LogP contribution in [0.1, 0.15) is 16.8 Å². The van der Waals surface area contributed by atoms with E-state index in [0.717, 1.165) is 34.1 Å². The molecule has 3 aromatic rings. The van der Waals surface area contributed by atoms with Gasteiger partial charge in [0.15, 0.2) is 0 Å². The zero-order valence-electron chi connectivity index (χ0n) is 16.3. The van der Waals surface area contributed by atoms with E-state index in [0.29, 0.717) is 23.3 Å². The summed E-state index contributed by atoms with van der Waals surface area (Å²) in [4.78, 5) is 9.03. The van der Waals surface area contributed by atoms with Crippen LogP contribution in [0.15, 0.2) is 42.5 Å². The van der Waals surface area contributed by atoms with Crippen LogP contribution >= 0.6 is 11.6 Å². The summed E-state index contributed by atoms with van der Waals surface area (Å²) in [6, 6.07) is 13.5. The standard InChI is InChI=1S/C21H23ClN4O2/c1-13-9-18(19(28-4)11-17(13)22)25-21-24-14(2)10-20(26-21)23-12-15-5-7-16(27-3)8-6-15/h5-11H,12H2,1-4H3,(H2,23,24,25,26). The van der Waals surface area contributed by atoms with Gasteiger partial charge in [-0.15, -0.1) is 0 Å². The van der Waals surface area contributed by atoms with Crippen LogP contribution in [0.5, 0.6) is 11.5 Å². The van der Waals surface area contributed by atoms with Crippen LogP contribution in [0.25, 0.3) is 0 Å². The highest BCUT2D eigenvalue weighted by Crippen LogP contribution is 2.32. The molecular weight excluding hydrogens is 376 g/mol. The van der Waals surface area contributed by atoms with Crippen LogP contribution in [-0.2, 0) is 6.54 Å². The molecule has 2 aromatic carbocycles. The zero-order chi connectivity index (χ0) is 20.1. The first-order valence-corrected chi connectivity index (χ1v) is 9.20. The summed E-state index contributed by atoms with van der Waals surface area (Å²) >= 11 is 6.18. The van der Waals surface area contributed by atoms with E-state index in [9.17, 15) is 0 Å². The van der Waals surface area contributed by atoms with Gasteiger partial charge in [0, 0.05) is 29.4 Å². The molecular formula is C21H23ClN4O2. The number of benzene rings is 2. The Labute approximate surface area is 169 Å². The van der Waals surface area contributed by atoms with Crippen molar-refractivity contribution >= 4 is 29.1 Å². The van der Waals surface area contributed by atoms with E-state index in [1.54, 1.807) is 20.3 Å². The maximum absolute atomic E-state index is 6.18. The van der Waals surface area contributed by atoms with Crippen molar-refractivity contribution in [2.45, 2.75) is 20.4 Å². The Bertz CT molecular complexity index is 961. The van der Waals surface area contributed by atoms with Crippen LogP contribution in [0.2, 0.25) is 5.02 Å². The van der Waals surface area contributed by atoms with Crippen molar-refractivity contribution < 1.29 is 9.47 Å².